The van der Waals surface area contributed by atoms with E-state index in [9.17, 15) is 0 Å². The second-order valence-corrected chi connectivity index (χ2v) is 7.29. The molecule has 0 aliphatic rings. The molecule has 0 heterocycles. The fraction of sp³-hybridized carbons (Fsp3) is 0.0345. The second-order valence-electron chi connectivity index (χ2n) is 7.29. The van der Waals surface area contributed by atoms with E-state index in [0.29, 0.717) is 11.3 Å². The summed E-state index contributed by atoms with van der Waals surface area (Å²) in [6.45, 7) is 7.35. The molecule has 0 N–H and O–H groups in total. The van der Waals surface area contributed by atoms with Gasteiger partial charge >= 0.3 is 0 Å². The maximum Gasteiger partial charge on any atom is 0.194 e. The predicted octanol–water partition coefficient (Wildman–Crippen LogP) is 7.76. The van der Waals surface area contributed by atoms with E-state index in [4.69, 9.17) is 16.6 Å². The number of nitrogens with zero attached hydrogens (tertiary/aromatic N) is 3. The van der Waals surface area contributed by atoms with E-state index < -0.39 is 0 Å². The third kappa shape index (κ3) is 4.93. The molecule has 0 unspecified atom stereocenters. The van der Waals surface area contributed by atoms with E-state index in [1.807, 2.05) is 66.7 Å². The van der Waals surface area contributed by atoms with Crippen LogP contribution in [0.3, 0.4) is 0 Å². The van der Waals surface area contributed by atoms with Crippen LogP contribution in [0.1, 0.15) is 16.7 Å². The third-order valence-corrected chi connectivity index (χ3v) is 5.23. The minimum atomic E-state index is 0.525. The van der Waals surface area contributed by atoms with Crippen molar-refractivity contribution in [1.29, 1.82) is 5.26 Å². The van der Waals surface area contributed by atoms with Crippen LogP contribution in [-0.2, 0) is 0 Å². The fourth-order valence-corrected chi connectivity index (χ4v) is 3.54. The molecule has 0 aromatic heterocycles. The van der Waals surface area contributed by atoms with Crippen molar-refractivity contribution in [2.24, 2.45) is 0 Å². The number of hydrogen-bond acceptors (Lipinski definition) is 3. The van der Waals surface area contributed by atoms with Crippen molar-refractivity contribution >= 4 is 34.9 Å². The smallest absolute Gasteiger partial charge is 0.194 e. The summed E-state index contributed by atoms with van der Waals surface area (Å²) in [5, 5.41) is 9.15. The molecule has 4 heteroatoms. The Hall–Kier alpha value is -4.80. The summed E-state index contributed by atoms with van der Waals surface area (Å²) in [6, 6.07) is 33.6. The summed E-state index contributed by atoms with van der Waals surface area (Å²) in [6.07, 6.45) is 3.83. The van der Waals surface area contributed by atoms with Gasteiger partial charge in [-0.1, -0.05) is 54.6 Å². The Morgan fingerprint density at radius 2 is 1.45 bits per heavy atom. The Bertz CT molecular complexity index is 1340. The Kier molecular flexibility index (Phi) is 6.50. The van der Waals surface area contributed by atoms with Gasteiger partial charge in [-0.05, 0) is 65.7 Å². The largest absolute Gasteiger partial charge is 0.497 e. The lowest BCUT2D eigenvalue weighted by molar-refractivity contribution is 0.415. The molecule has 0 saturated carbocycles. The van der Waals surface area contributed by atoms with Crippen molar-refractivity contribution in [2.75, 3.05) is 12.0 Å². The predicted molar refractivity (Wildman–Crippen MR) is 134 cm³/mol. The second kappa shape index (κ2) is 10.0. The molecule has 0 amide bonds. The molecule has 0 atom stereocenters. The first-order valence-corrected chi connectivity index (χ1v) is 10.4. The zero-order valence-corrected chi connectivity index (χ0v) is 18.1. The van der Waals surface area contributed by atoms with Crippen molar-refractivity contribution in [2.45, 2.75) is 0 Å². The van der Waals surface area contributed by atoms with Gasteiger partial charge in [0, 0.05) is 17.1 Å². The molecule has 0 spiro atoms. The van der Waals surface area contributed by atoms with Crippen molar-refractivity contribution < 1.29 is 4.74 Å². The van der Waals surface area contributed by atoms with E-state index >= 15 is 0 Å². The van der Waals surface area contributed by atoms with Gasteiger partial charge in [0.15, 0.2) is 5.69 Å². The molecule has 33 heavy (non-hydrogen) atoms. The Balaban J connectivity index is 1.65. The fourth-order valence-electron chi connectivity index (χ4n) is 3.54. The highest BCUT2D eigenvalue weighted by molar-refractivity contribution is 5.80. The molecule has 0 aliphatic carbocycles. The average molecular weight is 428 g/mol. The minimum absolute atomic E-state index is 0.525. The zero-order chi connectivity index (χ0) is 23.0. The molecule has 0 bridgehead atoms. The maximum atomic E-state index is 9.15. The van der Waals surface area contributed by atoms with Crippen molar-refractivity contribution in [3.63, 3.8) is 0 Å². The highest BCUT2D eigenvalue weighted by atomic mass is 16.5. The highest BCUT2D eigenvalue weighted by Gasteiger charge is 2.12. The monoisotopic (exact) mass is 427 g/mol. The lowest BCUT2D eigenvalue weighted by Crippen LogP contribution is -2.09. The van der Waals surface area contributed by atoms with Crippen LogP contribution >= 0.6 is 0 Å². The van der Waals surface area contributed by atoms with Crippen LogP contribution in [0.15, 0.2) is 97.1 Å². The molecule has 0 aliphatic heterocycles. The lowest BCUT2D eigenvalue weighted by atomic mass is 10.1. The normalized spacial score (nSPS) is 10.4. The molecular weight excluding hydrogens is 406 g/mol. The number of ether oxygens (including phenoxy) is 1. The lowest BCUT2D eigenvalue weighted by Gasteiger charge is -2.25. The SMILES string of the molecule is [C-]#[N+]c1ccc(C#N)cc1/C=C/c1ccc(N(c2ccccc2)c2ccc(OC)cc2)cc1. The van der Waals surface area contributed by atoms with Crippen molar-refractivity contribution in [1.82, 2.24) is 0 Å². The maximum absolute atomic E-state index is 9.15. The quantitative estimate of drug-likeness (QED) is 0.233. The van der Waals surface area contributed by atoms with Crippen LogP contribution in [0.25, 0.3) is 17.0 Å². The first-order valence-electron chi connectivity index (χ1n) is 10.4. The topological polar surface area (TPSA) is 40.6 Å². The van der Waals surface area contributed by atoms with E-state index in [-0.39, 0.29) is 0 Å². The molecule has 4 aromatic carbocycles. The van der Waals surface area contributed by atoms with Crippen LogP contribution in [0.4, 0.5) is 22.7 Å². The summed E-state index contributed by atoms with van der Waals surface area (Å²) in [5.41, 5.74) is 5.90. The molecule has 158 valence electrons. The van der Waals surface area contributed by atoms with E-state index in [0.717, 1.165) is 33.9 Å². The highest BCUT2D eigenvalue weighted by Crippen LogP contribution is 2.35. The van der Waals surface area contributed by atoms with Gasteiger partial charge in [0.25, 0.3) is 0 Å². The van der Waals surface area contributed by atoms with Gasteiger partial charge < -0.3 is 9.64 Å². The molecular formula is C29H21N3O. The first-order chi connectivity index (χ1) is 16.2. The molecule has 0 saturated heterocycles. The zero-order valence-electron chi connectivity index (χ0n) is 18.1. The van der Waals surface area contributed by atoms with Gasteiger partial charge in [0.05, 0.1) is 25.3 Å². The number of methoxy groups -OCH3 is 1. The van der Waals surface area contributed by atoms with Crippen LogP contribution in [-0.4, -0.2) is 7.11 Å². The van der Waals surface area contributed by atoms with Crippen LogP contribution in [0.5, 0.6) is 5.75 Å². The molecule has 4 rings (SSSR count). The number of anilines is 3. The Morgan fingerprint density at radius 3 is 2.06 bits per heavy atom. The van der Waals surface area contributed by atoms with Crippen molar-refractivity contribution in [3.8, 4) is 11.8 Å². The summed E-state index contributed by atoms with van der Waals surface area (Å²) < 4.78 is 5.31. The number of nitriles is 1. The van der Waals surface area contributed by atoms with Crippen molar-refractivity contribution in [3.05, 3.63) is 125 Å². The van der Waals surface area contributed by atoms with Gasteiger partial charge in [-0.25, -0.2) is 4.85 Å². The van der Waals surface area contributed by atoms with Crippen LogP contribution in [0, 0.1) is 17.9 Å². The summed E-state index contributed by atoms with van der Waals surface area (Å²) in [5.74, 6) is 0.812. The average Bonchev–Trinajstić information content (AvgIpc) is 2.89. The molecule has 4 nitrogen and oxygen atoms in total. The summed E-state index contributed by atoms with van der Waals surface area (Å²) in [7, 11) is 1.66. The van der Waals surface area contributed by atoms with Gasteiger partial charge in [-0.3, -0.25) is 0 Å². The Morgan fingerprint density at radius 1 is 0.818 bits per heavy atom. The summed E-state index contributed by atoms with van der Waals surface area (Å²) >= 11 is 0. The number of para-hydroxylation sites is 1. The number of benzene rings is 4. The van der Waals surface area contributed by atoms with Crippen LogP contribution < -0.4 is 9.64 Å². The molecule has 0 radical (unpaired) electrons. The van der Waals surface area contributed by atoms with Crippen LogP contribution in [0.2, 0.25) is 0 Å². The minimum Gasteiger partial charge on any atom is -0.497 e. The number of hydrogen-bond donors (Lipinski definition) is 0. The van der Waals surface area contributed by atoms with E-state index in [1.165, 1.54) is 0 Å². The van der Waals surface area contributed by atoms with Gasteiger partial charge in [0.1, 0.15) is 5.75 Å². The van der Waals surface area contributed by atoms with E-state index in [2.05, 4.69) is 40.1 Å². The number of rotatable bonds is 6. The van der Waals surface area contributed by atoms with E-state index in [1.54, 1.807) is 25.3 Å². The standard InChI is InChI=1S/C29H21N3O/c1-31-29-19-11-23(21-30)20-24(29)12-8-22-9-13-26(14-10-22)32(25-6-4-3-5-7-25)27-15-17-28(33-2)18-16-27/h3-20H,2H3/b12-8+. The third-order valence-electron chi connectivity index (χ3n) is 5.23. The molecule has 0 fully saturated rings. The first kappa shape index (κ1) is 21.4. The summed E-state index contributed by atoms with van der Waals surface area (Å²) in [4.78, 5) is 5.73. The van der Waals surface area contributed by atoms with Gasteiger partial charge in [0.2, 0.25) is 0 Å². The van der Waals surface area contributed by atoms with Gasteiger partial charge in [-0.15, -0.1) is 0 Å². The van der Waals surface area contributed by atoms with Gasteiger partial charge in [-0.2, -0.15) is 5.26 Å². The molecule has 4 aromatic rings. The Labute approximate surface area is 194 Å².